The Bertz CT molecular complexity index is 846. The van der Waals surface area contributed by atoms with Crippen LogP contribution in [-0.4, -0.2) is 17.8 Å². The number of esters is 1. The van der Waals surface area contributed by atoms with Gasteiger partial charge in [-0.05, 0) is 34.7 Å². The number of rotatable bonds is 5. The molecule has 6 nitrogen and oxygen atoms in total. The van der Waals surface area contributed by atoms with Crippen LogP contribution in [0.2, 0.25) is 0 Å². The highest BCUT2D eigenvalue weighted by Gasteiger charge is 2.14. The van der Waals surface area contributed by atoms with Crippen LogP contribution in [0.4, 0.5) is 11.4 Å². The maximum absolute atomic E-state index is 12.5. The van der Waals surface area contributed by atoms with E-state index in [-0.39, 0.29) is 29.4 Å². The molecule has 0 saturated carbocycles. The van der Waals surface area contributed by atoms with E-state index in [1.807, 2.05) is 24.3 Å². The molecule has 148 valence electrons. The van der Waals surface area contributed by atoms with Crippen LogP contribution in [-0.2, 0) is 26.3 Å². The van der Waals surface area contributed by atoms with Gasteiger partial charge in [-0.1, -0.05) is 45.0 Å². The fourth-order valence-corrected chi connectivity index (χ4v) is 2.63. The Morgan fingerprint density at radius 2 is 1.36 bits per heavy atom. The van der Waals surface area contributed by atoms with Crippen molar-refractivity contribution in [2.45, 2.75) is 46.6 Å². The summed E-state index contributed by atoms with van der Waals surface area (Å²) in [5.74, 6) is -1.10. The zero-order valence-corrected chi connectivity index (χ0v) is 16.9. The van der Waals surface area contributed by atoms with E-state index >= 15 is 0 Å². The predicted octanol–water partition coefficient (Wildman–Crippen LogP) is 4.26. The van der Waals surface area contributed by atoms with E-state index in [4.69, 9.17) is 4.74 Å². The van der Waals surface area contributed by atoms with Gasteiger partial charge >= 0.3 is 5.97 Å². The summed E-state index contributed by atoms with van der Waals surface area (Å²) in [6.07, 6.45) is 0. The molecule has 2 N–H and O–H groups in total. The maximum Gasteiger partial charge on any atom is 0.338 e. The summed E-state index contributed by atoms with van der Waals surface area (Å²) in [7, 11) is 0. The van der Waals surface area contributed by atoms with E-state index in [1.165, 1.54) is 31.5 Å². The Morgan fingerprint density at radius 3 is 1.79 bits per heavy atom. The van der Waals surface area contributed by atoms with E-state index in [1.54, 1.807) is 6.07 Å². The van der Waals surface area contributed by atoms with Crippen LogP contribution < -0.4 is 10.6 Å². The number of anilines is 2. The number of hydrogen-bond donors (Lipinski definition) is 2. The van der Waals surface area contributed by atoms with Crippen molar-refractivity contribution >= 4 is 29.2 Å². The van der Waals surface area contributed by atoms with E-state index in [0.717, 1.165) is 5.56 Å². The van der Waals surface area contributed by atoms with Crippen LogP contribution in [0.15, 0.2) is 42.5 Å². The molecule has 0 aliphatic heterocycles. The summed E-state index contributed by atoms with van der Waals surface area (Å²) in [5.41, 5.74) is 3.17. The van der Waals surface area contributed by atoms with Gasteiger partial charge < -0.3 is 15.4 Å². The second kappa shape index (κ2) is 8.69. The van der Waals surface area contributed by atoms with Crippen molar-refractivity contribution in [3.63, 3.8) is 0 Å². The molecule has 0 atom stereocenters. The van der Waals surface area contributed by atoms with Crippen LogP contribution in [0, 0.1) is 0 Å². The molecule has 0 aliphatic carbocycles. The number of hydrogen-bond acceptors (Lipinski definition) is 4. The molecule has 0 fully saturated rings. The fraction of sp³-hybridized carbons (Fsp3) is 0.318. The zero-order chi connectivity index (χ0) is 20.9. The number of benzene rings is 2. The molecule has 2 aromatic carbocycles. The quantitative estimate of drug-likeness (QED) is 0.757. The minimum atomic E-state index is -0.543. The third-order valence-electron chi connectivity index (χ3n) is 4.00. The van der Waals surface area contributed by atoms with Crippen LogP contribution >= 0.6 is 0 Å². The molecule has 2 amide bonds. The Labute approximate surface area is 165 Å². The molecule has 0 heterocycles. The lowest BCUT2D eigenvalue weighted by molar-refractivity contribution is -0.115. The van der Waals surface area contributed by atoms with Crippen molar-refractivity contribution in [3.8, 4) is 0 Å². The highest BCUT2D eigenvalue weighted by atomic mass is 16.5. The number of ether oxygens (including phenoxy) is 1. The van der Waals surface area contributed by atoms with Crippen molar-refractivity contribution in [1.29, 1.82) is 0 Å². The van der Waals surface area contributed by atoms with Crippen molar-refractivity contribution in [3.05, 3.63) is 59.2 Å². The molecule has 6 heteroatoms. The second-order valence-corrected chi connectivity index (χ2v) is 7.68. The molecular formula is C22H26N2O4. The number of nitrogens with one attached hydrogen (secondary N) is 2. The van der Waals surface area contributed by atoms with E-state index < -0.39 is 5.97 Å². The molecule has 0 spiro atoms. The van der Waals surface area contributed by atoms with Gasteiger partial charge in [0.25, 0.3) is 0 Å². The molecule has 0 bridgehead atoms. The largest absolute Gasteiger partial charge is 0.457 e. The van der Waals surface area contributed by atoms with Gasteiger partial charge in [-0.15, -0.1) is 0 Å². The van der Waals surface area contributed by atoms with Crippen LogP contribution in [0.3, 0.4) is 0 Å². The summed E-state index contributed by atoms with van der Waals surface area (Å²) in [4.78, 5) is 35.1. The van der Waals surface area contributed by atoms with Gasteiger partial charge in [0.05, 0.1) is 5.56 Å². The average Bonchev–Trinajstić information content (AvgIpc) is 2.57. The third-order valence-corrected chi connectivity index (χ3v) is 4.00. The molecule has 0 saturated heterocycles. The first-order valence-electron chi connectivity index (χ1n) is 9.01. The summed E-state index contributed by atoms with van der Waals surface area (Å²) >= 11 is 0. The molecule has 2 rings (SSSR count). The molecule has 2 aromatic rings. The lowest BCUT2D eigenvalue weighted by atomic mass is 9.87. The normalized spacial score (nSPS) is 10.9. The van der Waals surface area contributed by atoms with Gasteiger partial charge in [0.1, 0.15) is 6.61 Å². The van der Waals surface area contributed by atoms with Crippen molar-refractivity contribution < 1.29 is 19.1 Å². The van der Waals surface area contributed by atoms with Gasteiger partial charge in [-0.3, -0.25) is 9.59 Å². The molecule has 0 aliphatic rings. The number of carbonyl (C=O) groups excluding carboxylic acids is 3. The SMILES string of the molecule is CC(=O)Nc1cc(NC(C)=O)cc(C(=O)OCc2ccc(C(C)(C)C)cc2)c1. The lowest BCUT2D eigenvalue weighted by Gasteiger charge is -2.19. The Balaban J connectivity index is 2.14. The minimum absolute atomic E-state index is 0.0550. The number of carbonyl (C=O) groups is 3. The Morgan fingerprint density at radius 1 is 0.857 bits per heavy atom. The molecule has 0 aromatic heterocycles. The van der Waals surface area contributed by atoms with Crippen LogP contribution in [0.1, 0.15) is 56.1 Å². The van der Waals surface area contributed by atoms with Crippen LogP contribution in [0.25, 0.3) is 0 Å². The summed E-state index contributed by atoms with van der Waals surface area (Å²) in [5, 5.41) is 5.22. The second-order valence-electron chi connectivity index (χ2n) is 7.68. The Hall–Kier alpha value is -3.15. The van der Waals surface area contributed by atoms with Crippen molar-refractivity contribution in [1.82, 2.24) is 0 Å². The first kappa shape index (κ1) is 21.2. The smallest absolute Gasteiger partial charge is 0.338 e. The van der Waals surface area contributed by atoms with E-state index in [2.05, 4.69) is 31.4 Å². The Kier molecular flexibility index (Phi) is 6.57. The van der Waals surface area contributed by atoms with Crippen molar-refractivity contribution in [2.24, 2.45) is 0 Å². The van der Waals surface area contributed by atoms with Crippen LogP contribution in [0.5, 0.6) is 0 Å². The molecule has 28 heavy (non-hydrogen) atoms. The van der Waals surface area contributed by atoms with Gasteiger partial charge in [0, 0.05) is 25.2 Å². The third kappa shape index (κ3) is 6.23. The first-order chi connectivity index (χ1) is 13.0. The standard InChI is InChI=1S/C22H26N2O4/c1-14(25)23-19-10-17(11-20(12-19)24-15(2)26)21(27)28-13-16-6-8-18(9-7-16)22(3,4)5/h6-12H,13H2,1-5H3,(H,23,25)(H,24,26). The lowest BCUT2D eigenvalue weighted by Crippen LogP contribution is -2.12. The van der Waals surface area contributed by atoms with Gasteiger partial charge in [0.15, 0.2) is 0 Å². The monoisotopic (exact) mass is 382 g/mol. The van der Waals surface area contributed by atoms with Gasteiger partial charge in [-0.2, -0.15) is 0 Å². The fourth-order valence-electron chi connectivity index (χ4n) is 2.63. The predicted molar refractivity (Wildman–Crippen MR) is 109 cm³/mol. The topological polar surface area (TPSA) is 84.5 Å². The average molecular weight is 382 g/mol. The molecule has 0 radical (unpaired) electrons. The van der Waals surface area contributed by atoms with E-state index in [0.29, 0.717) is 11.4 Å². The zero-order valence-electron chi connectivity index (χ0n) is 16.9. The summed E-state index contributed by atoms with van der Waals surface area (Å²) in [6, 6.07) is 12.5. The van der Waals surface area contributed by atoms with E-state index in [9.17, 15) is 14.4 Å². The molecular weight excluding hydrogens is 356 g/mol. The highest BCUT2D eigenvalue weighted by Crippen LogP contribution is 2.23. The highest BCUT2D eigenvalue weighted by molar-refractivity contribution is 5.97. The summed E-state index contributed by atoms with van der Waals surface area (Å²) in [6.45, 7) is 9.27. The van der Waals surface area contributed by atoms with Crippen molar-refractivity contribution in [2.75, 3.05) is 10.6 Å². The number of amides is 2. The van der Waals surface area contributed by atoms with Gasteiger partial charge in [0.2, 0.25) is 11.8 Å². The first-order valence-corrected chi connectivity index (χ1v) is 9.01. The van der Waals surface area contributed by atoms with Gasteiger partial charge in [-0.25, -0.2) is 4.79 Å². The maximum atomic E-state index is 12.5. The molecule has 0 unspecified atom stereocenters. The summed E-state index contributed by atoms with van der Waals surface area (Å²) < 4.78 is 5.40. The minimum Gasteiger partial charge on any atom is -0.457 e.